The van der Waals surface area contributed by atoms with Crippen LogP contribution >= 0.6 is 23.2 Å². The highest BCUT2D eigenvalue weighted by atomic mass is 35.5. The lowest BCUT2D eigenvalue weighted by molar-refractivity contribution is 0.0996. The van der Waals surface area contributed by atoms with Crippen LogP contribution in [0.1, 0.15) is 16.1 Å². The number of nitrogens with zero attached hydrogens (tertiary/aromatic N) is 2. The molecule has 3 aromatic rings. The van der Waals surface area contributed by atoms with E-state index in [4.69, 9.17) is 38.4 Å². The molecule has 1 amide bonds. The number of aromatic amines is 1. The SMILES string of the molecule is COc1cc(-c2n[nH]nc2C(N)=O)ccc1OCc1c(Cl)cccc1Cl. The van der Waals surface area contributed by atoms with Crippen LogP contribution in [0.3, 0.4) is 0 Å². The molecule has 0 aliphatic heterocycles. The highest BCUT2D eigenvalue weighted by Gasteiger charge is 2.17. The number of aromatic nitrogens is 3. The van der Waals surface area contributed by atoms with Gasteiger partial charge in [0.05, 0.1) is 7.11 Å². The van der Waals surface area contributed by atoms with Crippen molar-refractivity contribution < 1.29 is 14.3 Å². The van der Waals surface area contributed by atoms with Crippen molar-refractivity contribution in [2.75, 3.05) is 7.11 Å². The summed E-state index contributed by atoms with van der Waals surface area (Å²) in [5.41, 5.74) is 6.95. The van der Waals surface area contributed by atoms with Crippen molar-refractivity contribution in [2.45, 2.75) is 6.61 Å². The van der Waals surface area contributed by atoms with Gasteiger partial charge >= 0.3 is 0 Å². The minimum absolute atomic E-state index is 0.0450. The number of hydrogen-bond acceptors (Lipinski definition) is 5. The molecule has 7 nitrogen and oxygen atoms in total. The van der Waals surface area contributed by atoms with Crippen molar-refractivity contribution in [3.8, 4) is 22.8 Å². The zero-order valence-corrected chi connectivity index (χ0v) is 15.1. The molecule has 1 heterocycles. The molecule has 0 atom stereocenters. The molecule has 0 unspecified atom stereocenters. The number of hydrogen-bond donors (Lipinski definition) is 2. The van der Waals surface area contributed by atoms with E-state index in [1.165, 1.54) is 7.11 Å². The molecule has 2 aromatic carbocycles. The van der Waals surface area contributed by atoms with Gasteiger partial charge in [-0.1, -0.05) is 29.3 Å². The topological polar surface area (TPSA) is 103 Å². The molecule has 0 fully saturated rings. The van der Waals surface area contributed by atoms with E-state index in [2.05, 4.69) is 15.4 Å². The Morgan fingerprint density at radius 2 is 1.88 bits per heavy atom. The van der Waals surface area contributed by atoms with Gasteiger partial charge in [0.1, 0.15) is 12.3 Å². The lowest BCUT2D eigenvalue weighted by Gasteiger charge is -2.13. The maximum Gasteiger partial charge on any atom is 0.271 e. The number of nitrogens with two attached hydrogens (primary N) is 1. The summed E-state index contributed by atoms with van der Waals surface area (Å²) in [6.45, 7) is 0.171. The monoisotopic (exact) mass is 392 g/mol. The fraction of sp³-hybridized carbons (Fsp3) is 0.118. The summed E-state index contributed by atoms with van der Waals surface area (Å²) < 4.78 is 11.2. The van der Waals surface area contributed by atoms with Crippen LogP contribution in [-0.2, 0) is 6.61 Å². The van der Waals surface area contributed by atoms with E-state index in [0.717, 1.165) is 0 Å². The van der Waals surface area contributed by atoms with Gasteiger partial charge < -0.3 is 15.2 Å². The number of ether oxygens (including phenoxy) is 2. The first-order valence-corrected chi connectivity index (χ1v) is 8.21. The molecule has 1 aromatic heterocycles. The second-order valence-corrected chi connectivity index (χ2v) is 6.05. The number of rotatable bonds is 6. The molecular formula is C17H14Cl2N4O3. The highest BCUT2D eigenvalue weighted by Crippen LogP contribution is 2.34. The van der Waals surface area contributed by atoms with Crippen molar-refractivity contribution in [3.05, 3.63) is 57.7 Å². The summed E-state index contributed by atoms with van der Waals surface area (Å²) >= 11 is 12.3. The summed E-state index contributed by atoms with van der Waals surface area (Å²) in [6.07, 6.45) is 0. The third-order valence-corrected chi connectivity index (χ3v) is 4.36. The Bertz CT molecular complexity index is 939. The molecule has 9 heteroatoms. The predicted octanol–water partition coefficient (Wildman–Crippen LogP) is 3.47. The van der Waals surface area contributed by atoms with E-state index in [1.54, 1.807) is 36.4 Å². The number of nitrogens with one attached hydrogen (secondary N) is 1. The zero-order valence-electron chi connectivity index (χ0n) is 13.6. The smallest absolute Gasteiger partial charge is 0.271 e. The number of carbonyl (C=O) groups excluding carboxylic acids is 1. The number of carbonyl (C=O) groups is 1. The molecule has 0 spiro atoms. The van der Waals surface area contributed by atoms with Gasteiger partial charge in [-0.15, -0.1) is 0 Å². The van der Waals surface area contributed by atoms with Crippen LogP contribution in [-0.4, -0.2) is 28.4 Å². The van der Waals surface area contributed by atoms with E-state index >= 15 is 0 Å². The fourth-order valence-corrected chi connectivity index (χ4v) is 2.86. The van der Waals surface area contributed by atoms with Crippen LogP contribution in [0, 0.1) is 0 Å². The van der Waals surface area contributed by atoms with Gasteiger partial charge in [-0.25, -0.2) is 0 Å². The third-order valence-electron chi connectivity index (χ3n) is 3.65. The van der Waals surface area contributed by atoms with Crippen molar-refractivity contribution in [3.63, 3.8) is 0 Å². The first kappa shape index (κ1) is 18.0. The van der Waals surface area contributed by atoms with Gasteiger partial charge in [0.25, 0.3) is 5.91 Å². The molecule has 0 bridgehead atoms. The Labute approximate surface area is 159 Å². The van der Waals surface area contributed by atoms with Crippen LogP contribution in [0.2, 0.25) is 10.0 Å². The van der Waals surface area contributed by atoms with Gasteiger partial charge in [-0.3, -0.25) is 4.79 Å². The van der Waals surface area contributed by atoms with E-state index in [1.807, 2.05) is 0 Å². The van der Waals surface area contributed by atoms with E-state index in [0.29, 0.717) is 38.4 Å². The molecule has 0 saturated heterocycles. The van der Waals surface area contributed by atoms with Crippen LogP contribution < -0.4 is 15.2 Å². The average molecular weight is 393 g/mol. The Balaban J connectivity index is 1.88. The van der Waals surface area contributed by atoms with Gasteiger partial charge in [0.2, 0.25) is 0 Å². The fourth-order valence-electron chi connectivity index (χ4n) is 2.36. The average Bonchev–Trinajstić information content (AvgIpc) is 3.11. The van der Waals surface area contributed by atoms with Crippen LogP contribution in [0.4, 0.5) is 0 Å². The number of methoxy groups -OCH3 is 1. The summed E-state index contributed by atoms with van der Waals surface area (Å²) in [4.78, 5) is 11.4. The van der Waals surface area contributed by atoms with Crippen LogP contribution in [0.15, 0.2) is 36.4 Å². The number of H-pyrrole nitrogens is 1. The summed E-state index contributed by atoms with van der Waals surface area (Å²) in [7, 11) is 1.51. The second-order valence-electron chi connectivity index (χ2n) is 5.24. The Morgan fingerprint density at radius 3 is 2.54 bits per heavy atom. The van der Waals surface area contributed by atoms with Crippen molar-refractivity contribution in [2.24, 2.45) is 5.73 Å². The highest BCUT2D eigenvalue weighted by molar-refractivity contribution is 6.35. The molecule has 3 rings (SSSR count). The quantitative estimate of drug-likeness (QED) is 0.668. The Hall–Kier alpha value is -2.77. The lowest BCUT2D eigenvalue weighted by Crippen LogP contribution is -2.12. The number of benzene rings is 2. The maximum absolute atomic E-state index is 11.4. The molecular weight excluding hydrogens is 379 g/mol. The van der Waals surface area contributed by atoms with Gasteiger partial charge in [-0.05, 0) is 30.3 Å². The molecule has 26 heavy (non-hydrogen) atoms. The summed E-state index contributed by atoms with van der Waals surface area (Å²) in [6, 6.07) is 10.3. The Kier molecular flexibility index (Phi) is 5.29. The Morgan fingerprint density at radius 1 is 1.15 bits per heavy atom. The molecule has 3 N–H and O–H groups in total. The van der Waals surface area contributed by atoms with Crippen molar-refractivity contribution >= 4 is 29.1 Å². The molecule has 0 saturated carbocycles. The minimum atomic E-state index is -0.679. The maximum atomic E-state index is 11.4. The van der Waals surface area contributed by atoms with Crippen LogP contribution in [0.25, 0.3) is 11.3 Å². The number of primary amides is 1. The molecule has 0 aliphatic rings. The van der Waals surface area contributed by atoms with Gasteiger partial charge in [0.15, 0.2) is 17.2 Å². The first-order valence-electron chi connectivity index (χ1n) is 7.46. The first-order chi connectivity index (χ1) is 12.5. The van der Waals surface area contributed by atoms with Gasteiger partial charge in [0, 0.05) is 21.2 Å². The predicted molar refractivity (Wildman–Crippen MR) is 97.7 cm³/mol. The van der Waals surface area contributed by atoms with Crippen molar-refractivity contribution in [1.82, 2.24) is 15.4 Å². The second kappa shape index (κ2) is 7.63. The normalized spacial score (nSPS) is 10.6. The lowest BCUT2D eigenvalue weighted by atomic mass is 10.1. The molecule has 0 radical (unpaired) electrons. The standard InChI is InChI=1S/C17H14Cl2N4O3/c1-25-14-7-9(15-16(17(20)24)22-23-21-15)5-6-13(14)26-8-10-11(18)3-2-4-12(10)19/h2-7H,8H2,1H3,(H2,20,24)(H,21,22,23). The summed E-state index contributed by atoms with van der Waals surface area (Å²) in [5.74, 6) is 0.252. The summed E-state index contributed by atoms with van der Waals surface area (Å²) in [5, 5.41) is 11.1. The zero-order chi connectivity index (χ0) is 18.7. The van der Waals surface area contributed by atoms with Gasteiger partial charge in [-0.2, -0.15) is 15.4 Å². The number of amides is 1. The van der Waals surface area contributed by atoms with Crippen molar-refractivity contribution in [1.29, 1.82) is 0 Å². The third kappa shape index (κ3) is 3.58. The minimum Gasteiger partial charge on any atom is -0.493 e. The van der Waals surface area contributed by atoms with E-state index < -0.39 is 5.91 Å². The molecule has 0 aliphatic carbocycles. The largest absolute Gasteiger partial charge is 0.493 e. The molecule has 134 valence electrons. The number of halogens is 2. The van der Waals surface area contributed by atoms with E-state index in [-0.39, 0.29) is 12.3 Å². The van der Waals surface area contributed by atoms with Crippen LogP contribution in [0.5, 0.6) is 11.5 Å². The van der Waals surface area contributed by atoms with E-state index in [9.17, 15) is 4.79 Å².